The highest BCUT2D eigenvalue weighted by molar-refractivity contribution is 5.76. The molecule has 2 rings (SSSR count). The molecule has 0 aromatic rings. The molecule has 2 aliphatic rings. The minimum absolute atomic E-state index is 0.675. The van der Waals surface area contributed by atoms with Gasteiger partial charge in [-0.2, -0.15) is 0 Å². The van der Waals surface area contributed by atoms with Gasteiger partial charge in [-0.15, -0.1) is 0 Å². The molecule has 2 heterocycles. The van der Waals surface area contributed by atoms with Crippen LogP contribution in [0.15, 0.2) is 0 Å². The van der Waals surface area contributed by atoms with E-state index >= 15 is 0 Å². The van der Waals surface area contributed by atoms with Crippen LogP contribution in [0.25, 0.3) is 0 Å². The molecule has 0 aromatic heterocycles. The van der Waals surface area contributed by atoms with Gasteiger partial charge in [-0.3, -0.25) is 14.4 Å². The van der Waals surface area contributed by atoms with Crippen molar-refractivity contribution < 1.29 is 79.0 Å². The molecule has 12 N–H and O–H groups in total. The van der Waals surface area contributed by atoms with Gasteiger partial charge in [0.05, 0.1) is 31.5 Å². The summed E-state index contributed by atoms with van der Waals surface area (Å²) in [6, 6.07) is -4.45. The maximum Gasteiger partial charge on any atom is 0.364 e. The Morgan fingerprint density at radius 1 is 1.02 bits per heavy atom. The van der Waals surface area contributed by atoms with Crippen LogP contribution in [-0.2, 0) is 38.1 Å². The topological polar surface area (TPSA) is 317 Å². The first-order valence-electron chi connectivity index (χ1n) is 12.9. The van der Waals surface area contributed by atoms with Gasteiger partial charge in [0.2, 0.25) is 11.8 Å². The van der Waals surface area contributed by atoms with Gasteiger partial charge in [0.15, 0.2) is 6.29 Å². The number of nitrogens with two attached hydrogens (primary N) is 1. The van der Waals surface area contributed by atoms with Gasteiger partial charge in [-0.05, 0) is 6.92 Å². The third-order valence-electron chi connectivity index (χ3n) is 6.88. The first kappa shape index (κ1) is 35.6. The van der Waals surface area contributed by atoms with Crippen LogP contribution in [0.4, 0.5) is 0 Å². The monoisotopic (exact) mass is 613 g/mol. The number of aliphatic hydroxyl groups excluding tert-OH is 6. The van der Waals surface area contributed by atoms with E-state index in [-0.39, 0.29) is 0 Å². The Kier molecular flexibility index (Phi) is 12.5. The number of nitrogens with one attached hydrogen (secondary N) is 2. The zero-order valence-corrected chi connectivity index (χ0v) is 23.0. The molecule has 0 saturated carbocycles. The van der Waals surface area contributed by atoms with E-state index in [0.717, 1.165) is 13.8 Å². The van der Waals surface area contributed by atoms with Crippen LogP contribution < -0.4 is 16.4 Å². The van der Waals surface area contributed by atoms with Gasteiger partial charge >= 0.3 is 11.9 Å². The number of ether oxygens (including phenoxy) is 4. The fraction of sp³-hybridized carbons (Fsp3) is 0.826. The molecule has 19 nitrogen and oxygen atoms in total. The molecule has 242 valence electrons. The van der Waals surface area contributed by atoms with Crippen LogP contribution in [0.5, 0.6) is 0 Å². The summed E-state index contributed by atoms with van der Waals surface area (Å²) in [6.07, 6.45) is -16.5. The quantitative estimate of drug-likeness (QED) is 0.0920. The third-order valence-corrected chi connectivity index (χ3v) is 6.88. The number of hydrogen-bond acceptors (Lipinski definition) is 15. The van der Waals surface area contributed by atoms with Gasteiger partial charge in [-0.25, -0.2) is 4.79 Å². The van der Waals surface area contributed by atoms with Crippen LogP contribution in [-0.4, -0.2) is 157 Å². The summed E-state index contributed by atoms with van der Waals surface area (Å²) in [4.78, 5) is 47.0. The van der Waals surface area contributed by atoms with E-state index in [1.165, 1.54) is 6.92 Å². The molecule has 0 radical (unpaired) electrons. The molecule has 0 spiro atoms. The second kappa shape index (κ2) is 14.8. The zero-order chi connectivity index (χ0) is 32.1. The first-order valence-corrected chi connectivity index (χ1v) is 12.9. The van der Waals surface area contributed by atoms with E-state index in [1.54, 1.807) is 0 Å². The molecule has 13 atom stereocenters. The molecular weight excluding hydrogens is 574 g/mol. The average molecular weight is 614 g/mol. The lowest BCUT2D eigenvalue weighted by Gasteiger charge is -2.48. The van der Waals surface area contributed by atoms with Crippen LogP contribution in [0, 0.1) is 0 Å². The highest BCUT2D eigenvalue weighted by Crippen LogP contribution is 2.35. The predicted molar refractivity (Wildman–Crippen MR) is 133 cm³/mol. The summed E-state index contributed by atoms with van der Waals surface area (Å²) in [5.74, 6) is -7.44. The van der Waals surface area contributed by atoms with Gasteiger partial charge in [-0.1, -0.05) is 0 Å². The molecule has 0 bridgehead atoms. The number of hydrogen-bond donors (Lipinski definition) is 11. The van der Waals surface area contributed by atoms with Crippen molar-refractivity contribution in [2.45, 2.75) is 106 Å². The summed E-state index contributed by atoms with van der Waals surface area (Å²) in [5.41, 5.74) is 5.56. The molecular formula is C23H39N3O16. The molecule has 2 aliphatic heterocycles. The maximum atomic E-state index is 12.4. The Balaban J connectivity index is 2.34. The van der Waals surface area contributed by atoms with Gasteiger partial charge < -0.3 is 76.2 Å². The standard InChI is InChI=1S/C23H39N3O16/c1-7(13(24)20(35)36)40-21-15(26-9(3)29)18(34)17(33)12(41-21)6-39-23(22(37)38)4-10(30)14(25-8(2)28)19(42-23)16(32)11(31)5-27/h7,10-19,21,27,30-34H,4-6,24H2,1-3H3,(H,25,28)(H,26,29)(H,35,36)(H,37,38)/t7?,10?,11-,12?,13+,14?,15?,16-,17?,18?,19?,21?,23?/m1/s1. The van der Waals surface area contributed by atoms with Crippen molar-refractivity contribution in [2.75, 3.05) is 13.2 Å². The summed E-state index contributed by atoms with van der Waals surface area (Å²) in [6.45, 7) is 1.54. The summed E-state index contributed by atoms with van der Waals surface area (Å²) in [7, 11) is 0. The second-order valence-electron chi connectivity index (χ2n) is 10.1. The number of carboxylic acids is 2. The number of aliphatic carboxylic acids is 2. The molecule has 0 aliphatic carbocycles. The van der Waals surface area contributed by atoms with Crippen LogP contribution in [0.2, 0.25) is 0 Å². The van der Waals surface area contributed by atoms with E-state index in [9.17, 15) is 54.9 Å². The molecule has 2 saturated heterocycles. The molecule has 2 amide bonds. The minimum Gasteiger partial charge on any atom is -0.480 e. The van der Waals surface area contributed by atoms with E-state index in [1.807, 2.05) is 0 Å². The van der Waals surface area contributed by atoms with Crippen LogP contribution in [0.3, 0.4) is 0 Å². The lowest BCUT2D eigenvalue weighted by Crippen LogP contribution is -2.69. The number of carbonyl (C=O) groups excluding carboxylic acids is 2. The van der Waals surface area contributed by atoms with Gasteiger partial charge in [0, 0.05) is 20.3 Å². The van der Waals surface area contributed by atoms with Crippen LogP contribution in [0.1, 0.15) is 27.2 Å². The number of rotatable bonds is 13. The summed E-state index contributed by atoms with van der Waals surface area (Å²) < 4.78 is 22.1. The Morgan fingerprint density at radius 3 is 2.10 bits per heavy atom. The third kappa shape index (κ3) is 8.29. The first-order chi connectivity index (χ1) is 19.4. The van der Waals surface area contributed by atoms with Crippen molar-refractivity contribution in [1.82, 2.24) is 10.6 Å². The van der Waals surface area contributed by atoms with Crippen molar-refractivity contribution in [3.8, 4) is 0 Å². The number of carbonyl (C=O) groups is 4. The van der Waals surface area contributed by atoms with Crippen molar-refractivity contribution in [2.24, 2.45) is 5.73 Å². The molecule has 10 unspecified atom stereocenters. The highest BCUT2D eigenvalue weighted by atomic mass is 16.7. The van der Waals surface area contributed by atoms with Crippen molar-refractivity contribution in [1.29, 1.82) is 0 Å². The Bertz CT molecular complexity index is 972. The normalized spacial score (nSPS) is 36.2. The smallest absolute Gasteiger partial charge is 0.364 e. The highest BCUT2D eigenvalue weighted by Gasteiger charge is 2.57. The van der Waals surface area contributed by atoms with Gasteiger partial charge in [0.25, 0.3) is 5.79 Å². The average Bonchev–Trinajstić information content (AvgIpc) is 2.91. The second-order valence-corrected chi connectivity index (χ2v) is 10.1. The van der Waals surface area contributed by atoms with Gasteiger partial charge in [0.1, 0.15) is 48.7 Å². The minimum atomic E-state index is -2.78. The number of amides is 2. The SMILES string of the molecule is CC(=O)NC1C(OC(C)[C@H](N)C(=O)O)OC(COC2(C(=O)O)CC(O)C(NC(C)=O)C([C@H](O)[C@H](O)CO)O2)C(O)C1O. The van der Waals surface area contributed by atoms with Crippen molar-refractivity contribution >= 4 is 23.8 Å². The fourth-order valence-electron chi connectivity index (χ4n) is 4.56. The predicted octanol–water partition coefficient (Wildman–Crippen LogP) is -6.08. The van der Waals surface area contributed by atoms with E-state index in [2.05, 4.69) is 10.6 Å². The Morgan fingerprint density at radius 2 is 1.60 bits per heavy atom. The lowest BCUT2D eigenvalue weighted by molar-refractivity contribution is -0.332. The Labute approximate surface area is 239 Å². The number of aliphatic hydroxyl groups is 6. The summed E-state index contributed by atoms with van der Waals surface area (Å²) >= 11 is 0. The fourth-order valence-corrected chi connectivity index (χ4v) is 4.56. The Hall–Kier alpha value is -2.56. The van der Waals surface area contributed by atoms with Crippen molar-refractivity contribution in [3.63, 3.8) is 0 Å². The number of carboxylic acid groups (broad SMARTS) is 2. The van der Waals surface area contributed by atoms with E-state index in [0.29, 0.717) is 0 Å². The molecule has 19 heteroatoms. The van der Waals surface area contributed by atoms with E-state index in [4.69, 9.17) is 29.8 Å². The van der Waals surface area contributed by atoms with Crippen LogP contribution >= 0.6 is 0 Å². The molecule has 42 heavy (non-hydrogen) atoms. The zero-order valence-electron chi connectivity index (χ0n) is 23.0. The molecule has 2 fully saturated rings. The largest absolute Gasteiger partial charge is 0.480 e. The maximum absolute atomic E-state index is 12.4. The summed E-state index contributed by atoms with van der Waals surface area (Å²) in [5, 5.41) is 85.6. The lowest BCUT2D eigenvalue weighted by atomic mass is 9.88. The van der Waals surface area contributed by atoms with Crippen molar-refractivity contribution in [3.05, 3.63) is 0 Å². The van der Waals surface area contributed by atoms with E-state index < -0.39 is 122 Å². The molecule has 0 aromatic carbocycles.